The molecule has 2 fully saturated rings. The van der Waals surface area contributed by atoms with Gasteiger partial charge in [0.2, 0.25) is 0 Å². The lowest BCUT2D eigenvalue weighted by atomic mass is 9.88. The van der Waals surface area contributed by atoms with Gasteiger partial charge in [0.15, 0.2) is 5.82 Å². The van der Waals surface area contributed by atoms with E-state index in [2.05, 4.69) is 20.7 Å². The molecule has 2 aromatic rings. The lowest BCUT2D eigenvalue weighted by Crippen LogP contribution is -2.54. The number of rotatable bonds is 6. The second-order valence-corrected chi connectivity index (χ2v) is 8.70. The Balaban J connectivity index is 1.48. The quantitative estimate of drug-likeness (QED) is 0.625. The minimum absolute atomic E-state index is 0.00226. The number of hydrogen-bond acceptors (Lipinski definition) is 5. The highest BCUT2D eigenvalue weighted by molar-refractivity contribution is 5.33. The number of hydrogen-bond donors (Lipinski definition) is 1. The summed E-state index contributed by atoms with van der Waals surface area (Å²) in [6.07, 6.45) is -8.50. The largest absolute Gasteiger partial charge is 0.416 e. The molecular weight excluding hydrogens is 459 g/mol. The minimum Gasteiger partial charge on any atom is -0.372 e. The third kappa shape index (κ3) is 4.98. The number of benzene rings is 1. The van der Waals surface area contributed by atoms with Crippen molar-refractivity contribution in [1.29, 1.82) is 0 Å². The summed E-state index contributed by atoms with van der Waals surface area (Å²) in [7, 11) is 0. The van der Waals surface area contributed by atoms with Crippen molar-refractivity contribution < 1.29 is 35.5 Å². The SMILES string of the molecule is CC12CC(c3nnn(CCF)n3)C(CCC1OCc1cc(C(F)(F)F)cc(C(F)(F)F)c1)N2. The lowest BCUT2D eigenvalue weighted by molar-refractivity contribution is -0.143. The number of aryl methyl sites for hydroxylation is 1. The Morgan fingerprint density at radius 3 is 2.36 bits per heavy atom. The number of fused-ring (bicyclic) bond motifs is 2. The monoisotopic (exact) mass is 481 g/mol. The molecule has 4 atom stereocenters. The van der Waals surface area contributed by atoms with Gasteiger partial charge in [0.1, 0.15) is 6.67 Å². The number of piperidine rings is 1. The van der Waals surface area contributed by atoms with Crippen LogP contribution in [0.3, 0.4) is 0 Å². The Morgan fingerprint density at radius 2 is 1.76 bits per heavy atom. The van der Waals surface area contributed by atoms with Gasteiger partial charge in [0.05, 0.1) is 30.4 Å². The molecule has 0 spiro atoms. The van der Waals surface area contributed by atoms with Gasteiger partial charge in [-0.1, -0.05) is 0 Å². The van der Waals surface area contributed by atoms with Crippen LogP contribution in [0.5, 0.6) is 0 Å². The normalized spacial score (nSPS) is 27.8. The Labute approximate surface area is 184 Å². The first-order valence-corrected chi connectivity index (χ1v) is 10.4. The second kappa shape index (κ2) is 8.49. The average Bonchev–Trinajstić information content (AvgIpc) is 3.28. The maximum Gasteiger partial charge on any atom is 0.416 e. The van der Waals surface area contributed by atoms with E-state index in [9.17, 15) is 30.7 Å². The van der Waals surface area contributed by atoms with E-state index in [0.717, 1.165) is 0 Å². The number of ether oxygens (including phenoxy) is 1. The van der Waals surface area contributed by atoms with Crippen LogP contribution in [0, 0.1) is 0 Å². The number of halogens is 7. The van der Waals surface area contributed by atoms with Crippen LogP contribution in [-0.2, 0) is 30.2 Å². The van der Waals surface area contributed by atoms with Gasteiger partial charge in [-0.15, -0.1) is 10.2 Å². The molecule has 4 rings (SSSR count). The maximum atomic E-state index is 13.1. The first kappa shape index (κ1) is 23.9. The fraction of sp³-hybridized carbons (Fsp3) is 0.650. The molecule has 0 amide bonds. The molecule has 33 heavy (non-hydrogen) atoms. The Hall–Kier alpha value is -2.28. The number of alkyl halides is 7. The van der Waals surface area contributed by atoms with Crippen LogP contribution < -0.4 is 5.32 Å². The number of aromatic nitrogens is 4. The predicted molar refractivity (Wildman–Crippen MR) is 101 cm³/mol. The molecule has 2 bridgehead atoms. The Morgan fingerprint density at radius 1 is 1.09 bits per heavy atom. The van der Waals surface area contributed by atoms with E-state index in [1.165, 1.54) is 4.80 Å². The molecule has 182 valence electrons. The second-order valence-electron chi connectivity index (χ2n) is 8.70. The minimum atomic E-state index is -4.91. The van der Waals surface area contributed by atoms with Gasteiger partial charge in [0.25, 0.3) is 0 Å². The predicted octanol–water partition coefficient (Wildman–Crippen LogP) is 4.26. The van der Waals surface area contributed by atoms with Crippen molar-refractivity contribution in [2.75, 3.05) is 6.67 Å². The van der Waals surface area contributed by atoms with E-state index < -0.39 is 48.4 Å². The molecule has 2 aliphatic rings. The van der Waals surface area contributed by atoms with Crippen molar-refractivity contribution in [3.63, 3.8) is 0 Å². The van der Waals surface area contributed by atoms with Crippen LogP contribution in [0.15, 0.2) is 18.2 Å². The standard InChI is InChI=1S/C20H22F7N5O/c1-18-9-14(17-29-31-32(30-17)5-4-21)15(28-18)2-3-16(18)33-10-11-6-12(19(22,23)24)8-13(7-11)20(25,26)27/h6-8,14-16,28H,2-5,9-10H2,1H3. The van der Waals surface area contributed by atoms with Gasteiger partial charge in [-0.2, -0.15) is 31.1 Å². The molecule has 1 N–H and O–H groups in total. The van der Waals surface area contributed by atoms with Gasteiger partial charge < -0.3 is 10.1 Å². The van der Waals surface area contributed by atoms with Crippen molar-refractivity contribution >= 4 is 0 Å². The third-order valence-electron chi connectivity index (χ3n) is 6.28. The van der Waals surface area contributed by atoms with Gasteiger partial charge >= 0.3 is 12.4 Å². The van der Waals surface area contributed by atoms with Gasteiger partial charge in [-0.05, 0) is 55.2 Å². The van der Waals surface area contributed by atoms with Crippen molar-refractivity contribution in [3.05, 3.63) is 40.7 Å². The van der Waals surface area contributed by atoms with Crippen LogP contribution in [0.4, 0.5) is 30.7 Å². The number of nitrogens with one attached hydrogen (secondary N) is 1. The molecule has 0 aliphatic carbocycles. The van der Waals surface area contributed by atoms with Crippen LogP contribution in [0.25, 0.3) is 0 Å². The summed E-state index contributed by atoms with van der Waals surface area (Å²) in [6, 6.07) is 1.48. The summed E-state index contributed by atoms with van der Waals surface area (Å²) in [4.78, 5) is 1.18. The van der Waals surface area contributed by atoms with E-state index in [4.69, 9.17) is 4.74 Å². The maximum absolute atomic E-state index is 13.1. The fourth-order valence-electron chi connectivity index (χ4n) is 4.74. The molecule has 3 heterocycles. The molecule has 1 aromatic heterocycles. The van der Waals surface area contributed by atoms with E-state index in [-0.39, 0.29) is 30.1 Å². The highest BCUT2D eigenvalue weighted by atomic mass is 19.4. The van der Waals surface area contributed by atoms with E-state index in [1.54, 1.807) is 0 Å². The number of tetrazole rings is 1. The molecular formula is C20H22F7N5O. The van der Waals surface area contributed by atoms with E-state index in [1.807, 2.05) is 6.92 Å². The summed E-state index contributed by atoms with van der Waals surface area (Å²) < 4.78 is 97.0. The molecule has 0 saturated carbocycles. The summed E-state index contributed by atoms with van der Waals surface area (Å²) in [5, 5.41) is 15.5. The first-order valence-electron chi connectivity index (χ1n) is 10.4. The Bertz CT molecular complexity index is 960. The summed E-state index contributed by atoms with van der Waals surface area (Å²) in [6.45, 7) is 0.872. The average molecular weight is 481 g/mol. The highest BCUT2D eigenvalue weighted by Crippen LogP contribution is 2.45. The summed E-state index contributed by atoms with van der Waals surface area (Å²) >= 11 is 0. The molecule has 6 nitrogen and oxygen atoms in total. The van der Waals surface area contributed by atoms with Crippen LogP contribution in [-0.4, -0.2) is 44.6 Å². The zero-order chi connectivity index (χ0) is 24.0. The molecule has 2 aliphatic heterocycles. The Kier molecular flexibility index (Phi) is 6.14. The zero-order valence-electron chi connectivity index (χ0n) is 17.5. The topological polar surface area (TPSA) is 64.9 Å². The molecule has 4 unspecified atom stereocenters. The fourth-order valence-corrected chi connectivity index (χ4v) is 4.74. The van der Waals surface area contributed by atoms with E-state index in [0.29, 0.717) is 37.2 Å². The first-order chi connectivity index (χ1) is 15.4. The van der Waals surface area contributed by atoms with Crippen molar-refractivity contribution in [2.45, 2.75) is 75.3 Å². The van der Waals surface area contributed by atoms with Crippen LogP contribution in [0.1, 0.15) is 54.6 Å². The zero-order valence-corrected chi connectivity index (χ0v) is 17.5. The third-order valence-corrected chi connectivity index (χ3v) is 6.28. The molecule has 13 heteroatoms. The van der Waals surface area contributed by atoms with Gasteiger partial charge in [-0.25, -0.2) is 4.39 Å². The molecule has 2 saturated heterocycles. The number of nitrogens with zero attached hydrogens (tertiary/aromatic N) is 4. The van der Waals surface area contributed by atoms with Crippen molar-refractivity contribution in [1.82, 2.24) is 25.5 Å². The summed E-state index contributed by atoms with van der Waals surface area (Å²) in [5.41, 5.74) is -3.51. The summed E-state index contributed by atoms with van der Waals surface area (Å²) in [5.74, 6) is 0.361. The van der Waals surface area contributed by atoms with Crippen LogP contribution >= 0.6 is 0 Å². The van der Waals surface area contributed by atoms with Crippen molar-refractivity contribution in [2.24, 2.45) is 0 Å². The van der Waals surface area contributed by atoms with Crippen LogP contribution in [0.2, 0.25) is 0 Å². The smallest absolute Gasteiger partial charge is 0.372 e. The molecule has 1 aromatic carbocycles. The van der Waals surface area contributed by atoms with Gasteiger partial charge in [-0.3, -0.25) is 0 Å². The van der Waals surface area contributed by atoms with E-state index >= 15 is 0 Å². The molecule has 0 radical (unpaired) electrons. The van der Waals surface area contributed by atoms with Crippen molar-refractivity contribution in [3.8, 4) is 0 Å². The van der Waals surface area contributed by atoms with Gasteiger partial charge in [0, 0.05) is 17.5 Å². The highest BCUT2D eigenvalue weighted by Gasteiger charge is 2.52. The lowest BCUT2D eigenvalue weighted by Gasteiger charge is -2.39.